The highest BCUT2D eigenvalue weighted by atomic mass is 19.1. The van der Waals surface area contributed by atoms with Crippen LogP contribution in [0.15, 0.2) is 35.9 Å². The van der Waals surface area contributed by atoms with Gasteiger partial charge in [0, 0.05) is 0 Å². The predicted octanol–water partition coefficient (Wildman–Crippen LogP) is 6.29. The van der Waals surface area contributed by atoms with Gasteiger partial charge in [0.15, 0.2) is 0 Å². The molecule has 0 fully saturated rings. The molecule has 0 saturated heterocycles. The third-order valence-corrected chi connectivity index (χ3v) is 4.39. The van der Waals surface area contributed by atoms with Gasteiger partial charge in [-0.1, -0.05) is 37.1 Å². The van der Waals surface area contributed by atoms with Crippen molar-refractivity contribution in [1.29, 1.82) is 0 Å². The molecule has 120 valence electrons. The Labute approximate surface area is 134 Å². The molecule has 0 amide bonds. The van der Waals surface area contributed by atoms with Crippen LogP contribution in [0.25, 0.3) is 17.2 Å². The van der Waals surface area contributed by atoms with E-state index in [0.717, 1.165) is 25.7 Å². The van der Waals surface area contributed by atoms with Crippen LogP contribution in [0.2, 0.25) is 0 Å². The molecule has 0 bridgehead atoms. The predicted molar refractivity (Wildman–Crippen MR) is 87.6 cm³/mol. The number of hydrogen-bond acceptors (Lipinski definition) is 0. The van der Waals surface area contributed by atoms with Crippen LogP contribution in [-0.2, 0) is 6.42 Å². The zero-order chi connectivity index (χ0) is 16.4. The first-order chi connectivity index (χ1) is 11.1. The lowest BCUT2D eigenvalue weighted by molar-refractivity contribution is 0.574. The van der Waals surface area contributed by atoms with Crippen LogP contribution in [0.5, 0.6) is 0 Å². The fraction of sp³-hybridized carbons (Fsp3) is 0.300. The van der Waals surface area contributed by atoms with E-state index in [1.165, 1.54) is 35.9 Å². The molecule has 0 N–H and O–H groups in total. The molecule has 0 nitrogen and oxygen atoms in total. The van der Waals surface area contributed by atoms with Crippen molar-refractivity contribution < 1.29 is 13.2 Å². The van der Waals surface area contributed by atoms with Crippen LogP contribution in [0.1, 0.15) is 43.7 Å². The van der Waals surface area contributed by atoms with Gasteiger partial charge in [-0.3, -0.25) is 0 Å². The molecule has 1 aliphatic rings. The summed E-state index contributed by atoms with van der Waals surface area (Å²) in [7, 11) is 0. The van der Waals surface area contributed by atoms with Gasteiger partial charge < -0.3 is 0 Å². The van der Waals surface area contributed by atoms with Crippen LogP contribution < -0.4 is 0 Å². The van der Waals surface area contributed by atoms with E-state index in [1.54, 1.807) is 0 Å². The van der Waals surface area contributed by atoms with Gasteiger partial charge in [0.05, 0.1) is 5.56 Å². The second-order valence-corrected chi connectivity index (χ2v) is 6.03. The van der Waals surface area contributed by atoms with E-state index in [0.29, 0.717) is 23.1 Å². The van der Waals surface area contributed by atoms with E-state index >= 15 is 0 Å². The number of hydrogen-bond donors (Lipinski definition) is 0. The van der Waals surface area contributed by atoms with Gasteiger partial charge in [0.1, 0.15) is 17.5 Å². The molecule has 0 spiro atoms. The lowest BCUT2D eigenvalue weighted by atomic mass is 9.87. The minimum Gasteiger partial charge on any atom is -0.207 e. The van der Waals surface area contributed by atoms with Gasteiger partial charge in [-0.2, -0.15) is 0 Å². The number of halogens is 3. The normalized spacial score (nSPS) is 13.7. The van der Waals surface area contributed by atoms with Crippen molar-refractivity contribution in [1.82, 2.24) is 0 Å². The maximum Gasteiger partial charge on any atom is 0.137 e. The van der Waals surface area contributed by atoms with Crippen LogP contribution >= 0.6 is 0 Å². The highest BCUT2D eigenvalue weighted by molar-refractivity contribution is 5.71. The number of rotatable bonds is 4. The van der Waals surface area contributed by atoms with Gasteiger partial charge in [-0.15, -0.1) is 0 Å². The van der Waals surface area contributed by atoms with E-state index in [-0.39, 0.29) is 5.56 Å². The summed E-state index contributed by atoms with van der Waals surface area (Å²) in [5, 5.41) is 0. The van der Waals surface area contributed by atoms with E-state index in [2.05, 4.69) is 6.92 Å². The van der Waals surface area contributed by atoms with E-state index in [1.807, 2.05) is 6.08 Å². The van der Waals surface area contributed by atoms with Crippen LogP contribution in [0.4, 0.5) is 13.2 Å². The lowest BCUT2D eigenvalue weighted by Gasteiger charge is -2.19. The van der Waals surface area contributed by atoms with Crippen molar-refractivity contribution in [3.05, 3.63) is 64.5 Å². The molecule has 0 aromatic heterocycles. The largest absolute Gasteiger partial charge is 0.207 e. The average molecular weight is 316 g/mol. The molecule has 0 unspecified atom stereocenters. The molecule has 0 aliphatic heterocycles. The molecule has 3 heteroatoms. The minimum absolute atomic E-state index is 0.0610. The van der Waals surface area contributed by atoms with Gasteiger partial charge >= 0.3 is 0 Å². The molecule has 2 aromatic rings. The topological polar surface area (TPSA) is 0 Å². The third-order valence-electron chi connectivity index (χ3n) is 4.39. The number of benzene rings is 2. The van der Waals surface area contributed by atoms with E-state index in [9.17, 15) is 13.2 Å². The summed E-state index contributed by atoms with van der Waals surface area (Å²) in [6.45, 7) is 2.13. The minimum atomic E-state index is -0.596. The van der Waals surface area contributed by atoms with Crippen molar-refractivity contribution in [3.63, 3.8) is 0 Å². The second-order valence-electron chi connectivity index (χ2n) is 6.03. The Morgan fingerprint density at radius 2 is 1.74 bits per heavy atom. The SMILES string of the molecule is CCCCC1=Cc2cc(F)c(-c3ccc(F)cc3)c(F)c2CC1. The second kappa shape index (κ2) is 6.61. The Bertz CT molecular complexity index is 742. The van der Waals surface area contributed by atoms with E-state index < -0.39 is 17.5 Å². The highest BCUT2D eigenvalue weighted by Crippen LogP contribution is 2.35. The smallest absolute Gasteiger partial charge is 0.137 e. The summed E-state index contributed by atoms with van der Waals surface area (Å²) in [5.74, 6) is -1.53. The van der Waals surface area contributed by atoms with Gasteiger partial charge in [0.25, 0.3) is 0 Å². The van der Waals surface area contributed by atoms with Crippen molar-refractivity contribution >= 4 is 6.08 Å². The molecular formula is C20H19F3. The summed E-state index contributed by atoms with van der Waals surface area (Å²) >= 11 is 0. The molecule has 0 atom stereocenters. The average Bonchev–Trinajstić information content (AvgIpc) is 2.54. The Hall–Kier alpha value is -2.03. The summed E-state index contributed by atoms with van der Waals surface area (Å²) in [6, 6.07) is 6.66. The number of unbranched alkanes of at least 4 members (excludes halogenated alkanes) is 1. The fourth-order valence-corrected chi connectivity index (χ4v) is 3.12. The van der Waals surface area contributed by atoms with Crippen LogP contribution in [0.3, 0.4) is 0 Å². The summed E-state index contributed by atoms with van der Waals surface area (Å²) in [4.78, 5) is 0. The number of allylic oxidation sites excluding steroid dienone is 1. The molecule has 0 saturated carbocycles. The molecule has 2 aromatic carbocycles. The first-order valence-electron chi connectivity index (χ1n) is 8.06. The van der Waals surface area contributed by atoms with Crippen molar-refractivity contribution in [2.45, 2.75) is 39.0 Å². The first-order valence-corrected chi connectivity index (χ1v) is 8.06. The summed E-state index contributed by atoms with van der Waals surface area (Å²) < 4.78 is 42.3. The van der Waals surface area contributed by atoms with Gasteiger partial charge in [-0.25, -0.2) is 13.2 Å². The van der Waals surface area contributed by atoms with Crippen LogP contribution in [-0.4, -0.2) is 0 Å². The lowest BCUT2D eigenvalue weighted by Crippen LogP contribution is -2.06. The van der Waals surface area contributed by atoms with Crippen LogP contribution in [0, 0.1) is 17.5 Å². The summed E-state index contributed by atoms with van der Waals surface area (Å²) in [5.41, 5.74) is 2.76. The molecule has 23 heavy (non-hydrogen) atoms. The molecule has 3 rings (SSSR count). The summed E-state index contributed by atoms with van der Waals surface area (Å²) in [6.07, 6.45) is 6.52. The van der Waals surface area contributed by atoms with Gasteiger partial charge in [-0.05, 0) is 60.6 Å². The van der Waals surface area contributed by atoms with Crippen molar-refractivity contribution in [3.8, 4) is 11.1 Å². The van der Waals surface area contributed by atoms with Crippen molar-refractivity contribution in [2.24, 2.45) is 0 Å². The highest BCUT2D eigenvalue weighted by Gasteiger charge is 2.21. The molecule has 1 aliphatic carbocycles. The zero-order valence-electron chi connectivity index (χ0n) is 13.1. The van der Waals surface area contributed by atoms with Crippen molar-refractivity contribution in [2.75, 3.05) is 0 Å². The molecule has 0 heterocycles. The Kier molecular flexibility index (Phi) is 4.56. The standard InChI is InChI=1S/C20H19F3/c1-2-3-4-13-5-10-17-15(11-13)12-18(22)19(20(17)23)14-6-8-16(21)9-7-14/h6-9,11-12H,2-5,10H2,1H3. The third kappa shape index (κ3) is 3.19. The first kappa shape index (κ1) is 15.9. The number of fused-ring (bicyclic) bond motifs is 1. The quantitative estimate of drug-likeness (QED) is 0.621. The fourth-order valence-electron chi connectivity index (χ4n) is 3.12. The monoisotopic (exact) mass is 316 g/mol. The van der Waals surface area contributed by atoms with Gasteiger partial charge in [0.2, 0.25) is 0 Å². The maximum absolute atomic E-state index is 14.8. The Morgan fingerprint density at radius 3 is 2.43 bits per heavy atom. The molecular weight excluding hydrogens is 297 g/mol. The zero-order valence-corrected chi connectivity index (χ0v) is 13.1. The maximum atomic E-state index is 14.8. The Morgan fingerprint density at radius 1 is 1.00 bits per heavy atom. The molecule has 0 radical (unpaired) electrons. The van der Waals surface area contributed by atoms with E-state index in [4.69, 9.17) is 0 Å². The Balaban J connectivity index is 2.03.